The van der Waals surface area contributed by atoms with Crippen molar-refractivity contribution >= 4 is 23.7 Å². The average Bonchev–Trinajstić information content (AvgIpc) is 3.35. The number of rotatable bonds is 56. The highest BCUT2D eigenvalue weighted by Crippen LogP contribution is 2.20. The summed E-state index contributed by atoms with van der Waals surface area (Å²) in [6, 6.07) is 0. The zero-order valence-corrected chi connectivity index (χ0v) is 45.8. The first-order chi connectivity index (χ1) is 33.8. The lowest BCUT2D eigenvalue weighted by molar-refractivity contribution is -0.184. The second-order valence-electron chi connectivity index (χ2n) is 20.8. The van der Waals surface area contributed by atoms with E-state index >= 15 is 0 Å². The van der Waals surface area contributed by atoms with Crippen LogP contribution in [0, 0.1) is 0 Å². The van der Waals surface area contributed by atoms with Gasteiger partial charge >= 0.3 is 17.9 Å². The number of Topliss-reactive ketones (excluding diaryl/α,β-unsaturated/α-hetero) is 1. The molecule has 0 saturated carbocycles. The summed E-state index contributed by atoms with van der Waals surface area (Å²) in [7, 11) is 0. The molecule has 0 amide bonds. The van der Waals surface area contributed by atoms with Gasteiger partial charge in [-0.2, -0.15) is 0 Å². The molecule has 9 heteroatoms. The van der Waals surface area contributed by atoms with Gasteiger partial charge in [0.05, 0.1) is 6.61 Å². The molecular formula is C60H114O9. The van der Waals surface area contributed by atoms with Crippen molar-refractivity contribution in [1.29, 1.82) is 0 Å². The molecule has 69 heavy (non-hydrogen) atoms. The summed E-state index contributed by atoms with van der Waals surface area (Å²) in [5, 5.41) is 20.8. The highest BCUT2D eigenvalue weighted by Gasteiger charge is 2.40. The van der Waals surface area contributed by atoms with Crippen molar-refractivity contribution in [3.63, 3.8) is 0 Å². The van der Waals surface area contributed by atoms with Crippen molar-refractivity contribution in [2.45, 2.75) is 347 Å². The molecule has 0 aliphatic carbocycles. The molecule has 3 atom stereocenters. The highest BCUT2D eigenvalue weighted by atomic mass is 16.6. The molecule has 408 valence electrons. The van der Waals surface area contributed by atoms with Gasteiger partial charge in [0.1, 0.15) is 6.10 Å². The van der Waals surface area contributed by atoms with Gasteiger partial charge in [-0.1, -0.05) is 290 Å². The highest BCUT2D eigenvalue weighted by molar-refractivity contribution is 5.89. The molecule has 0 heterocycles. The number of aliphatic hydroxyl groups excluding tert-OH is 2. The van der Waals surface area contributed by atoms with Crippen LogP contribution in [-0.4, -0.2) is 65.4 Å². The minimum Gasteiger partial charge on any atom is -0.457 e. The Morgan fingerprint density at radius 3 is 0.826 bits per heavy atom. The van der Waals surface area contributed by atoms with Gasteiger partial charge in [0.25, 0.3) is 0 Å². The number of ketones is 1. The number of carbonyl (C=O) groups is 4. The number of hydrogen-bond donors (Lipinski definition) is 2. The molecule has 0 aromatic heterocycles. The Morgan fingerprint density at radius 2 is 0.565 bits per heavy atom. The smallest absolute Gasteiger partial charge is 0.306 e. The Kier molecular flexibility index (Phi) is 52.2. The number of esters is 3. The predicted octanol–water partition coefficient (Wildman–Crippen LogP) is 17.1. The standard InChI is InChI=1S/C60H114O9/c1-4-7-10-13-16-19-22-25-28-31-34-37-40-43-46-49-56(64)67-53-55(63)60(69-58(66)51-48-45-42-39-36-33-30-27-24-21-18-15-12-9-6-3)59(54(62)52-61)68-57(65)50-47-44-41-38-35-32-29-26-23-20-17-14-11-8-5-2/h54,59-62H,4-53H2,1-3H3/t54-,59+,60+/m1/s1. The number of unbranched alkanes of at least 4 members (excludes halogenated alkanes) is 42. The monoisotopic (exact) mass is 979 g/mol. The minimum atomic E-state index is -1.71. The van der Waals surface area contributed by atoms with Crippen LogP contribution < -0.4 is 0 Å². The Bertz CT molecular complexity index is 1130. The first-order valence-corrected chi connectivity index (χ1v) is 30.2. The van der Waals surface area contributed by atoms with Crippen molar-refractivity contribution in [1.82, 2.24) is 0 Å². The largest absolute Gasteiger partial charge is 0.457 e. The Labute approximate surface area is 426 Å². The molecule has 0 aromatic carbocycles. The maximum absolute atomic E-state index is 13.6. The molecule has 9 nitrogen and oxygen atoms in total. The third kappa shape index (κ3) is 46.8. The summed E-state index contributed by atoms with van der Waals surface area (Å²) in [6.45, 7) is 5.28. The van der Waals surface area contributed by atoms with Crippen molar-refractivity contribution in [3.8, 4) is 0 Å². The Morgan fingerprint density at radius 1 is 0.333 bits per heavy atom. The third-order valence-electron chi connectivity index (χ3n) is 14.0. The van der Waals surface area contributed by atoms with E-state index in [0.717, 1.165) is 57.8 Å². The summed E-state index contributed by atoms with van der Waals surface area (Å²) in [6.07, 6.45) is 49.6. The first-order valence-electron chi connectivity index (χ1n) is 30.2. The topological polar surface area (TPSA) is 136 Å². The van der Waals surface area contributed by atoms with Crippen LogP contribution in [0.3, 0.4) is 0 Å². The van der Waals surface area contributed by atoms with Crippen molar-refractivity contribution in [3.05, 3.63) is 0 Å². The fraction of sp³-hybridized carbons (Fsp3) is 0.933. The molecule has 0 aromatic rings. The fourth-order valence-corrected chi connectivity index (χ4v) is 9.40. The van der Waals surface area contributed by atoms with Gasteiger partial charge in [0.2, 0.25) is 11.9 Å². The second-order valence-corrected chi connectivity index (χ2v) is 20.8. The van der Waals surface area contributed by atoms with Gasteiger partial charge in [0, 0.05) is 19.3 Å². The quantitative estimate of drug-likeness (QED) is 0.0347. The summed E-state index contributed by atoms with van der Waals surface area (Å²) in [4.78, 5) is 52.6. The van der Waals surface area contributed by atoms with E-state index in [2.05, 4.69) is 20.8 Å². The van der Waals surface area contributed by atoms with Crippen LogP contribution in [0.15, 0.2) is 0 Å². The van der Waals surface area contributed by atoms with E-state index in [1.807, 2.05) is 0 Å². The van der Waals surface area contributed by atoms with Crippen LogP contribution >= 0.6 is 0 Å². The molecule has 0 saturated heterocycles. The number of ether oxygens (including phenoxy) is 3. The number of carbonyl (C=O) groups excluding carboxylic acids is 4. The third-order valence-corrected chi connectivity index (χ3v) is 14.0. The average molecular weight is 980 g/mol. The van der Waals surface area contributed by atoms with E-state index in [0.29, 0.717) is 19.3 Å². The summed E-state index contributed by atoms with van der Waals surface area (Å²) >= 11 is 0. The van der Waals surface area contributed by atoms with Gasteiger partial charge in [-0.25, -0.2) is 0 Å². The van der Waals surface area contributed by atoms with Gasteiger partial charge in [-0.15, -0.1) is 0 Å². The Balaban J connectivity index is 4.85. The van der Waals surface area contributed by atoms with Gasteiger partial charge in [-0.3, -0.25) is 19.2 Å². The lowest BCUT2D eigenvalue weighted by atomic mass is 10.0. The molecular weight excluding hydrogens is 865 g/mol. The maximum atomic E-state index is 13.6. The van der Waals surface area contributed by atoms with Crippen molar-refractivity contribution in [2.24, 2.45) is 0 Å². The zero-order valence-electron chi connectivity index (χ0n) is 45.8. The lowest BCUT2D eigenvalue weighted by Crippen LogP contribution is -2.50. The van der Waals surface area contributed by atoms with Gasteiger partial charge in [0.15, 0.2) is 12.7 Å². The molecule has 0 aliphatic rings. The molecule has 0 bridgehead atoms. The van der Waals surface area contributed by atoms with Crippen molar-refractivity contribution in [2.75, 3.05) is 13.2 Å². The second kappa shape index (κ2) is 53.8. The molecule has 0 fully saturated rings. The minimum absolute atomic E-state index is 0.0655. The lowest BCUT2D eigenvalue weighted by Gasteiger charge is -2.28. The molecule has 0 radical (unpaired) electrons. The summed E-state index contributed by atoms with van der Waals surface area (Å²) < 4.78 is 16.6. The zero-order chi connectivity index (χ0) is 50.5. The summed E-state index contributed by atoms with van der Waals surface area (Å²) in [5.41, 5.74) is 0. The van der Waals surface area contributed by atoms with Crippen LogP contribution in [0.5, 0.6) is 0 Å². The van der Waals surface area contributed by atoms with E-state index in [-0.39, 0.29) is 19.3 Å². The SMILES string of the molecule is CCCCCCCCCCCCCCCCCC(=O)OCC(=O)[C@H](OC(=O)CCCCCCCCCCCCCCCCC)[C@@H](OC(=O)CCCCCCCCCCCCCCCCC)[C@H](O)CO. The molecule has 0 aliphatic heterocycles. The Hall–Kier alpha value is -2.00. The van der Waals surface area contributed by atoms with E-state index in [9.17, 15) is 29.4 Å². The van der Waals surface area contributed by atoms with Gasteiger partial charge in [-0.05, 0) is 19.3 Å². The van der Waals surface area contributed by atoms with E-state index in [1.165, 1.54) is 212 Å². The predicted molar refractivity (Wildman–Crippen MR) is 287 cm³/mol. The summed E-state index contributed by atoms with van der Waals surface area (Å²) in [5.74, 6) is -2.60. The van der Waals surface area contributed by atoms with Crippen LogP contribution in [0.2, 0.25) is 0 Å². The maximum Gasteiger partial charge on any atom is 0.306 e. The van der Waals surface area contributed by atoms with Crippen LogP contribution in [0.25, 0.3) is 0 Å². The van der Waals surface area contributed by atoms with E-state index in [4.69, 9.17) is 14.2 Å². The molecule has 2 N–H and O–H groups in total. The number of hydrogen-bond acceptors (Lipinski definition) is 9. The van der Waals surface area contributed by atoms with E-state index in [1.54, 1.807) is 0 Å². The fourth-order valence-electron chi connectivity index (χ4n) is 9.40. The number of aliphatic hydroxyl groups is 2. The molecule has 0 spiro atoms. The first kappa shape index (κ1) is 67.0. The van der Waals surface area contributed by atoms with Gasteiger partial charge < -0.3 is 24.4 Å². The van der Waals surface area contributed by atoms with Crippen LogP contribution in [-0.2, 0) is 33.4 Å². The van der Waals surface area contributed by atoms with Crippen molar-refractivity contribution < 1.29 is 43.6 Å². The van der Waals surface area contributed by atoms with Crippen LogP contribution in [0.1, 0.15) is 329 Å². The molecule has 0 rings (SSSR count). The molecule has 0 unspecified atom stereocenters. The van der Waals surface area contributed by atoms with E-state index < -0.39 is 55.2 Å². The van der Waals surface area contributed by atoms with Crippen LogP contribution in [0.4, 0.5) is 0 Å². The normalized spacial score (nSPS) is 12.8.